The molecule has 0 amide bonds. The van der Waals surface area contributed by atoms with Crippen molar-refractivity contribution in [3.05, 3.63) is 5.82 Å². The average molecular weight is 419 g/mol. The van der Waals surface area contributed by atoms with E-state index in [9.17, 15) is 0 Å². The van der Waals surface area contributed by atoms with Gasteiger partial charge in [0.1, 0.15) is 5.82 Å². The van der Waals surface area contributed by atoms with Gasteiger partial charge in [0.25, 0.3) is 0 Å². The summed E-state index contributed by atoms with van der Waals surface area (Å²) in [7, 11) is 0. The molecule has 0 spiro atoms. The standard InChI is InChI=1S/C24H42N4O2/c1(3-5-10-14-24-25-27-28-26-24)2-4-9-13-20-21(23-16-15-22(20)30-23)18-29-17-19-11-7-6-8-12-19/h19-23H,1-18H2,(H,25,26,27,28)/t20-,21+,22-,23+/m0/s1. The third-order valence-electron chi connectivity index (χ3n) is 7.82. The average Bonchev–Trinajstić information content (AvgIpc) is 3.52. The van der Waals surface area contributed by atoms with Crippen molar-refractivity contribution in [1.82, 2.24) is 20.6 Å². The van der Waals surface area contributed by atoms with Gasteiger partial charge in [-0.25, -0.2) is 5.10 Å². The SMILES string of the molecule is C(CCCCc1nnn[nH]1)CCCC[C@H]1[C@@H](COCC2CCCCC2)[C@H]2CC[C@@H]1O2. The van der Waals surface area contributed by atoms with Gasteiger partial charge in [-0.2, -0.15) is 0 Å². The molecule has 0 unspecified atom stereocenters. The zero-order valence-corrected chi connectivity index (χ0v) is 18.8. The predicted molar refractivity (Wildman–Crippen MR) is 117 cm³/mol. The lowest BCUT2D eigenvalue weighted by atomic mass is 9.77. The van der Waals surface area contributed by atoms with E-state index in [0.717, 1.165) is 37.3 Å². The van der Waals surface area contributed by atoms with Crippen LogP contribution in [0.15, 0.2) is 0 Å². The summed E-state index contributed by atoms with van der Waals surface area (Å²) in [5.74, 6) is 3.16. The molecule has 4 rings (SSSR count). The van der Waals surface area contributed by atoms with Crippen molar-refractivity contribution in [2.24, 2.45) is 17.8 Å². The number of hydrogen-bond donors (Lipinski definition) is 1. The first-order valence-corrected chi connectivity index (χ1v) is 12.9. The summed E-state index contributed by atoms with van der Waals surface area (Å²) in [6, 6.07) is 0. The number of unbranched alkanes of at least 4 members (excludes halogenated alkanes) is 6. The molecule has 1 aliphatic carbocycles. The Morgan fingerprint density at radius 2 is 1.53 bits per heavy atom. The van der Waals surface area contributed by atoms with Gasteiger partial charge in [-0.05, 0) is 60.8 Å². The Morgan fingerprint density at radius 3 is 2.30 bits per heavy atom. The molecule has 1 N–H and O–H groups in total. The smallest absolute Gasteiger partial charge is 0.148 e. The number of tetrazole rings is 1. The topological polar surface area (TPSA) is 72.9 Å². The summed E-state index contributed by atoms with van der Waals surface area (Å²) in [6.07, 6.45) is 22.2. The highest BCUT2D eigenvalue weighted by Gasteiger charge is 2.48. The van der Waals surface area contributed by atoms with Crippen molar-refractivity contribution in [3.63, 3.8) is 0 Å². The van der Waals surface area contributed by atoms with Crippen molar-refractivity contribution in [2.75, 3.05) is 13.2 Å². The van der Waals surface area contributed by atoms with Crippen LogP contribution in [-0.4, -0.2) is 46.0 Å². The number of aromatic amines is 1. The first-order valence-electron chi connectivity index (χ1n) is 12.9. The quantitative estimate of drug-likeness (QED) is 0.418. The molecule has 170 valence electrons. The summed E-state index contributed by atoms with van der Waals surface area (Å²) < 4.78 is 12.6. The minimum Gasteiger partial charge on any atom is -0.381 e. The summed E-state index contributed by atoms with van der Waals surface area (Å²) in [4.78, 5) is 0. The van der Waals surface area contributed by atoms with Gasteiger partial charge in [-0.15, -0.1) is 5.10 Å². The van der Waals surface area contributed by atoms with Gasteiger partial charge >= 0.3 is 0 Å². The normalized spacial score (nSPS) is 29.1. The highest BCUT2D eigenvalue weighted by Crippen LogP contribution is 2.45. The molecule has 2 aliphatic heterocycles. The van der Waals surface area contributed by atoms with Crippen LogP contribution in [0.2, 0.25) is 0 Å². The van der Waals surface area contributed by atoms with Crippen molar-refractivity contribution in [2.45, 2.75) is 115 Å². The molecule has 3 aliphatic rings. The van der Waals surface area contributed by atoms with E-state index < -0.39 is 0 Å². The molecular weight excluding hydrogens is 376 g/mol. The Hall–Kier alpha value is -1.01. The second-order valence-electron chi connectivity index (χ2n) is 10.0. The molecule has 2 saturated heterocycles. The van der Waals surface area contributed by atoms with Crippen molar-refractivity contribution < 1.29 is 9.47 Å². The van der Waals surface area contributed by atoms with Gasteiger partial charge < -0.3 is 9.47 Å². The molecule has 1 saturated carbocycles. The van der Waals surface area contributed by atoms with Gasteiger partial charge in [-0.1, -0.05) is 57.8 Å². The predicted octanol–water partition coefficient (Wildman–Crippen LogP) is 5.25. The highest BCUT2D eigenvalue weighted by molar-refractivity contribution is 4.96. The Labute approximate surface area is 182 Å². The van der Waals surface area contributed by atoms with Crippen LogP contribution in [0.1, 0.15) is 102 Å². The molecule has 0 radical (unpaired) electrons. The molecular formula is C24H42N4O2. The molecule has 30 heavy (non-hydrogen) atoms. The fraction of sp³-hybridized carbons (Fsp3) is 0.958. The maximum Gasteiger partial charge on any atom is 0.148 e. The Morgan fingerprint density at radius 1 is 0.800 bits per heavy atom. The third kappa shape index (κ3) is 6.49. The van der Waals surface area contributed by atoms with Crippen LogP contribution < -0.4 is 0 Å². The number of nitrogens with one attached hydrogen (secondary N) is 1. The molecule has 3 heterocycles. The Bertz CT molecular complexity index is 576. The van der Waals surface area contributed by atoms with Crippen LogP contribution in [0.3, 0.4) is 0 Å². The van der Waals surface area contributed by atoms with E-state index in [0.29, 0.717) is 18.1 Å². The largest absolute Gasteiger partial charge is 0.381 e. The molecule has 6 heteroatoms. The maximum absolute atomic E-state index is 6.30. The zero-order valence-electron chi connectivity index (χ0n) is 18.8. The van der Waals surface area contributed by atoms with Gasteiger partial charge in [-0.3, -0.25) is 0 Å². The second kappa shape index (κ2) is 12.1. The molecule has 4 atom stereocenters. The fourth-order valence-corrected chi connectivity index (χ4v) is 6.07. The molecule has 1 aromatic rings. The number of nitrogens with zero attached hydrogens (tertiary/aromatic N) is 3. The molecule has 3 fully saturated rings. The lowest BCUT2D eigenvalue weighted by molar-refractivity contribution is 0.0273. The van der Waals surface area contributed by atoms with Crippen molar-refractivity contribution in [3.8, 4) is 0 Å². The molecule has 6 nitrogen and oxygen atoms in total. The highest BCUT2D eigenvalue weighted by atomic mass is 16.5. The maximum atomic E-state index is 6.30. The number of ether oxygens (including phenoxy) is 2. The van der Waals surface area contributed by atoms with Gasteiger partial charge in [0.05, 0.1) is 18.8 Å². The minimum absolute atomic E-state index is 0.492. The zero-order chi connectivity index (χ0) is 20.4. The van der Waals surface area contributed by atoms with Crippen LogP contribution in [0.25, 0.3) is 0 Å². The molecule has 0 aromatic carbocycles. The Kier molecular flexibility index (Phi) is 8.98. The Balaban J connectivity index is 1.04. The number of aryl methyl sites for hydroxylation is 1. The van der Waals surface area contributed by atoms with Crippen molar-refractivity contribution in [1.29, 1.82) is 0 Å². The van der Waals surface area contributed by atoms with Crippen LogP contribution in [0, 0.1) is 17.8 Å². The molecule has 2 bridgehead atoms. The van der Waals surface area contributed by atoms with Crippen LogP contribution in [-0.2, 0) is 15.9 Å². The number of fused-ring (bicyclic) bond motifs is 2. The van der Waals surface area contributed by atoms with E-state index in [1.54, 1.807) is 0 Å². The lowest BCUT2D eigenvalue weighted by Crippen LogP contribution is -2.31. The number of aromatic nitrogens is 4. The van der Waals surface area contributed by atoms with E-state index in [-0.39, 0.29) is 0 Å². The second-order valence-corrected chi connectivity index (χ2v) is 10.0. The minimum atomic E-state index is 0.492. The summed E-state index contributed by atoms with van der Waals surface area (Å²) in [5, 5.41) is 14.0. The van der Waals surface area contributed by atoms with Crippen LogP contribution in [0.4, 0.5) is 0 Å². The van der Waals surface area contributed by atoms with Crippen LogP contribution in [0.5, 0.6) is 0 Å². The fourth-order valence-electron chi connectivity index (χ4n) is 6.07. The summed E-state index contributed by atoms with van der Waals surface area (Å²) in [6.45, 7) is 1.94. The number of H-pyrrole nitrogens is 1. The van der Waals surface area contributed by atoms with Gasteiger partial charge in [0.15, 0.2) is 0 Å². The van der Waals surface area contributed by atoms with Crippen molar-refractivity contribution >= 4 is 0 Å². The monoisotopic (exact) mass is 418 g/mol. The van der Waals surface area contributed by atoms with E-state index in [4.69, 9.17) is 9.47 Å². The number of hydrogen-bond acceptors (Lipinski definition) is 5. The van der Waals surface area contributed by atoms with Crippen LogP contribution >= 0.6 is 0 Å². The van der Waals surface area contributed by atoms with E-state index in [1.807, 2.05) is 0 Å². The number of rotatable bonds is 14. The van der Waals surface area contributed by atoms with E-state index in [2.05, 4.69) is 20.6 Å². The molecule has 1 aromatic heterocycles. The first-order chi connectivity index (χ1) is 14.9. The van der Waals surface area contributed by atoms with E-state index >= 15 is 0 Å². The lowest BCUT2D eigenvalue weighted by Gasteiger charge is -2.29. The van der Waals surface area contributed by atoms with E-state index in [1.165, 1.54) is 96.3 Å². The van der Waals surface area contributed by atoms with Gasteiger partial charge in [0.2, 0.25) is 0 Å². The summed E-state index contributed by atoms with van der Waals surface area (Å²) >= 11 is 0. The van der Waals surface area contributed by atoms with Gasteiger partial charge in [0, 0.05) is 18.9 Å². The first kappa shape index (κ1) is 22.2. The summed E-state index contributed by atoms with van der Waals surface area (Å²) in [5.41, 5.74) is 0. The third-order valence-corrected chi connectivity index (χ3v) is 7.82.